The molecule has 3 aromatic carbocycles. The number of benzene rings is 3. The third-order valence-corrected chi connectivity index (χ3v) is 6.96. The van der Waals surface area contributed by atoms with Gasteiger partial charge in [-0.1, -0.05) is 48.5 Å². The van der Waals surface area contributed by atoms with Gasteiger partial charge in [0.25, 0.3) is 0 Å². The number of rotatable bonds is 5. The monoisotopic (exact) mass is 459 g/mol. The van der Waals surface area contributed by atoms with Crippen LogP contribution in [0.4, 0.5) is 10.5 Å². The van der Waals surface area contributed by atoms with Crippen molar-refractivity contribution >= 4 is 24.4 Å². The van der Waals surface area contributed by atoms with E-state index in [2.05, 4.69) is 77.6 Å². The maximum absolute atomic E-state index is 12.6. The third kappa shape index (κ3) is 4.45. The number of carbonyl (C=O) groups is 1. The fraction of sp³-hybridized carbons (Fsp3) is 0.296. The standard InChI is InChI=1S/C27H29N3O2S/c1-18-19(14-20(33)15-26(18)30-12-10-28-11-13-30)16-29-27(31)32-17-25-23-8-4-2-6-21(23)22-7-3-5-9-24(22)25/h2-9,14-15,25,28,33H,10-13,16-17H2,1H3,(H,29,31). The lowest BCUT2D eigenvalue weighted by Crippen LogP contribution is -2.43. The maximum atomic E-state index is 12.6. The average molecular weight is 460 g/mol. The van der Waals surface area contributed by atoms with E-state index in [0.29, 0.717) is 13.2 Å². The van der Waals surface area contributed by atoms with Crippen molar-refractivity contribution in [2.45, 2.75) is 24.3 Å². The van der Waals surface area contributed by atoms with E-state index in [4.69, 9.17) is 4.74 Å². The van der Waals surface area contributed by atoms with Gasteiger partial charge in [0, 0.05) is 49.2 Å². The van der Waals surface area contributed by atoms with Gasteiger partial charge in [0.1, 0.15) is 6.61 Å². The molecule has 1 saturated heterocycles. The van der Waals surface area contributed by atoms with Crippen molar-refractivity contribution in [2.24, 2.45) is 0 Å². The summed E-state index contributed by atoms with van der Waals surface area (Å²) in [4.78, 5) is 15.9. The molecule has 0 spiro atoms. The van der Waals surface area contributed by atoms with E-state index in [1.54, 1.807) is 0 Å². The Morgan fingerprint density at radius 1 is 1.06 bits per heavy atom. The predicted molar refractivity (Wildman–Crippen MR) is 135 cm³/mol. The minimum atomic E-state index is -0.399. The van der Waals surface area contributed by atoms with Crippen LogP contribution in [0.5, 0.6) is 0 Å². The summed E-state index contributed by atoms with van der Waals surface area (Å²) < 4.78 is 5.69. The first kappa shape index (κ1) is 21.9. The highest BCUT2D eigenvalue weighted by molar-refractivity contribution is 7.80. The second kappa shape index (κ2) is 9.49. The number of thiol groups is 1. The Morgan fingerprint density at radius 2 is 1.70 bits per heavy atom. The Labute approximate surface area is 200 Å². The van der Waals surface area contributed by atoms with Crippen molar-refractivity contribution in [2.75, 3.05) is 37.7 Å². The molecule has 33 heavy (non-hydrogen) atoms. The summed E-state index contributed by atoms with van der Waals surface area (Å²) in [6.07, 6.45) is -0.399. The van der Waals surface area contributed by atoms with Crippen LogP contribution in [0.2, 0.25) is 0 Å². The molecule has 0 unspecified atom stereocenters. The molecule has 1 aliphatic carbocycles. The molecule has 1 fully saturated rings. The molecule has 0 atom stereocenters. The second-order valence-corrected chi connectivity index (χ2v) is 9.18. The fourth-order valence-electron chi connectivity index (χ4n) is 4.98. The summed E-state index contributed by atoms with van der Waals surface area (Å²) in [5, 5.41) is 6.33. The van der Waals surface area contributed by atoms with E-state index in [1.807, 2.05) is 18.2 Å². The summed E-state index contributed by atoms with van der Waals surface area (Å²) >= 11 is 4.60. The molecule has 1 aliphatic heterocycles. The first-order valence-electron chi connectivity index (χ1n) is 11.5. The van der Waals surface area contributed by atoms with Crippen molar-refractivity contribution in [3.63, 3.8) is 0 Å². The van der Waals surface area contributed by atoms with E-state index in [9.17, 15) is 4.79 Å². The molecule has 0 radical (unpaired) electrons. The van der Waals surface area contributed by atoms with Gasteiger partial charge in [0.15, 0.2) is 0 Å². The van der Waals surface area contributed by atoms with E-state index < -0.39 is 6.09 Å². The molecule has 0 bridgehead atoms. The lowest BCUT2D eigenvalue weighted by molar-refractivity contribution is 0.142. The molecule has 0 saturated carbocycles. The first-order chi connectivity index (χ1) is 16.1. The van der Waals surface area contributed by atoms with Crippen LogP contribution >= 0.6 is 12.6 Å². The van der Waals surface area contributed by atoms with Gasteiger partial charge in [-0.25, -0.2) is 4.79 Å². The van der Waals surface area contributed by atoms with Gasteiger partial charge < -0.3 is 20.3 Å². The fourth-order valence-corrected chi connectivity index (χ4v) is 5.25. The molecule has 2 aliphatic rings. The summed E-state index contributed by atoms with van der Waals surface area (Å²) in [6.45, 7) is 6.73. The lowest BCUT2D eigenvalue weighted by atomic mass is 9.98. The average Bonchev–Trinajstić information content (AvgIpc) is 3.17. The van der Waals surface area contributed by atoms with Crippen LogP contribution in [0.1, 0.15) is 28.2 Å². The number of anilines is 1. The van der Waals surface area contributed by atoms with Crippen LogP contribution in [-0.4, -0.2) is 38.9 Å². The first-order valence-corrected chi connectivity index (χ1v) is 11.9. The Bertz CT molecular complexity index is 1130. The van der Waals surface area contributed by atoms with Crippen molar-refractivity contribution in [3.8, 4) is 11.1 Å². The van der Waals surface area contributed by atoms with Crippen LogP contribution in [0.25, 0.3) is 11.1 Å². The number of hydrogen-bond donors (Lipinski definition) is 3. The summed E-state index contributed by atoms with van der Waals surface area (Å²) in [5.41, 5.74) is 8.30. The molecule has 5 nitrogen and oxygen atoms in total. The zero-order valence-corrected chi connectivity index (χ0v) is 19.7. The van der Waals surface area contributed by atoms with E-state index >= 15 is 0 Å². The highest BCUT2D eigenvalue weighted by Gasteiger charge is 2.29. The Balaban J connectivity index is 1.24. The Morgan fingerprint density at radius 3 is 2.36 bits per heavy atom. The molecule has 5 rings (SSSR count). The van der Waals surface area contributed by atoms with Crippen LogP contribution < -0.4 is 15.5 Å². The number of amides is 1. The van der Waals surface area contributed by atoms with Crippen LogP contribution in [0.15, 0.2) is 65.6 Å². The minimum Gasteiger partial charge on any atom is -0.449 e. The number of fused-ring (bicyclic) bond motifs is 3. The highest BCUT2D eigenvalue weighted by Crippen LogP contribution is 2.44. The van der Waals surface area contributed by atoms with Crippen LogP contribution in [0, 0.1) is 6.92 Å². The van der Waals surface area contributed by atoms with E-state index in [1.165, 1.54) is 33.5 Å². The number of alkyl carbamates (subject to hydrolysis) is 1. The normalized spacial score (nSPS) is 15.2. The number of carbonyl (C=O) groups excluding carboxylic acids is 1. The summed E-state index contributed by atoms with van der Waals surface area (Å²) in [7, 11) is 0. The molecule has 0 aromatic heterocycles. The SMILES string of the molecule is Cc1c(CNC(=O)OCC2c3ccccc3-c3ccccc32)cc(S)cc1N1CCNCC1. The zero-order valence-electron chi connectivity index (χ0n) is 18.8. The zero-order chi connectivity index (χ0) is 22.8. The van der Waals surface area contributed by atoms with Gasteiger partial charge in [-0.05, 0) is 52.4 Å². The largest absolute Gasteiger partial charge is 0.449 e. The van der Waals surface area contributed by atoms with E-state index in [-0.39, 0.29) is 5.92 Å². The molecule has 6 heteroatoms. The number of hydrogen-bond acceptors (Lipinski definition) is 5. The van der Waals surface area contributed by atoms with Gasteiger partial charge in [0.2, 0.25) is 0 Å². The molecule has 1 amide bonds. The van der Waals surface area contributed by atoms with Crippen molar-refractivity contribution < 1.29 is 9.53 Å². The number of nitrogens with zero attached hydrogens (tertiary/aromatic N) is 1. The van der Waals surface area contributed by atoms with Gasteiger partial charge in [0.05, 0.1) is 0 Å². The van der Waals surface area contributed by atoms with Crippen molar-refractivity contribution in [1.29, 1.82) is 0 Å². The maximum Gasteiger partial charge on any atom is 0.407 e. The number of piperazine rings is 1. The van der Waals surface area contributed by atoms with Crippen molar-refractivity contribution in [3.05, 3.63) is 82.9 Å². The minimum absolute atomic E-state index is 0.0602. The van der Waals surface area contributed by atoms with Crippen LogP contribution in [-0.2, 0) is 11.3 Å². The van der Waals surface area contributed by atoms with Gasteiger partial charge in [-0.2, -0.15) is 0 Å². The summed E-state index contributed by atoms with van der Waals surface area (Å²) in [6, 6.07) is 20.8. The third-order valence-electron chi connectivity index (χ3n) is 6.70. The molecule has 170 valence electrons. The molecule has 1 heterocycles. The topological polar surface area (TPSA) is 53.6 Å². The van der Waals surface area contributed by atoms with Gasteiger partial charge >= 0.3 is 6.09 Å². The highest BCUT2D eigenvalue weighted by atomic mass is 32.1. The second-order valence-electron chi connectivity index (χ2n) is 8.67. The Kier molecular flexibility index (Phi) is 6.29. The lowest BCUT2D eigenvalue weighted by Gasteiger charge is -2.31. The molecule has 3 aromatic rings. The molecule has 2 N–H and O–H groups in total. The Hall–Kier alpha value is -2.96. The van der Waals surface area contributed by atoms with Gasteiger partial charge in [-0.3, -0.25) is 0 Å². The summed E-state index contributed by atoms with van der Waals surface area (Å²) in [5.74, 6) is 0.0602. The van der Waals surface area contributed by atoms with Crippen LogP contribution in [0.3, 0.4) is 0 Å². The quantitative estimate of drug-likeness (QED) is 0.483. The van der Waals surface area contributed by atoms with Gasteiger partial charge in [-0.15, -0.1) is 12.6 Å². The number of nitrogens with one attached hydrogen (secondary N) is 2. The molecular weight excluding hydrogens is 430 g/mol. The number of ether oxygens (including phenoxy) is 1. The predicted octanol–water partition coefficient (Wildman–Crippen LogP) is 4.73. The van der Waals surface area contributed by atoms with E-state index in [0.717, 1.165) is 36.6 Å². The molecular formula is C27H29N3O2S. The van der Waals surface area contributed by atoms with Crippen molar-refractivity contribution in [1.82, 2.24) is 10.6 Å². The smallest absolute Gasteiger partial charge is 0.407 e.